The molecule has 1 aromatic heterocycles. The maximum Gasteiger partial charge on any atom is 0.296 e. The van der Waals surface area contributed by atoms with E-state index < -0.39 is 5.91 Å². The third kappa shape index (κ3) is 3.62. The van der Waals surface area contributed by atoms with Gasteiger partial charge in [0.2, 0.25) is 0 Å². The molecule has 0 fully saturated rings. The van der Waals surface area contributed by atoms with Crippen molar-refractivity contribution < 1.29 is 4.79 Å². The summed E-state index contributed by atoms with van der Waals surface area (Å²) in [5, 5.41) is 4.25. The molecular formula is C12H14Cl2N4O. The minimum atomic E-state index is -0.416. The van der Waals surface area contributed by atoms with Crippen LogP contribution in [0.4, 0.5) is 0 Å². The van der Waals surface area contributed by atoms with Gasteiger partial charge in [0.25, 0.3) is 5.91 Å². The first-order chi connectivity index (χ1) is 8.60. The Morgan fingerprint density at radius 3 is 2.89 bits per heavy atom. The van der Waals surface area contributed by atoms with Gasteiger partial charge in [-0.1, -0.05) is 11.6 Å². The molecule has 19 heavy (non-hydrogen) atoms. The normalized spacial score (nSPS) is 11.2. The fourth-order valence-corrected chi connectivity index (χ4v) is 1.79. The Bertz CT molecular complexity index is 621. The smallest absolute Gasteiger partial charge is 0.296 e. The van der Waals surface area contributed by atoms with Gasteiger partial charge in [-0.05, 0) is 31.2 Å². The van der Waals surface area contributed by atoms with Crippen molar-refractivity contribution in [2.45, 2.75) is 6.92 Å². The molecule has 0 spiro atoms. The van der Waals surface area contributed by atoms with E-state index in [1.165, 1.54) is 0 Å². The van der Waals surface area contributed by atoms with Gasteiger partial charge in [-0.15, -0.1) is 12.4 Å². The van der Waals surface area contributed by atoms with Crippen molar-refractivity contribution in [2.75, 3.05) is 6.54 Å². The average molecular weight is 301 g/mol. The third-order valence-corrected chi connectivity index (χ3v) is 2.63. The molecule has 2 aromatic rings. The number of nitrogens with one attached hydrogen (secondary N) is 2. The summed E-state index contributed by atoms with van der Waals surface area (Å²) in [4.78, 5) is 18.5. The van der Waals surface area contributed by atoms with E-state index >= 15 is 0 Å². The lowest BCUT2D eigenvalue weighted by Gasteiger charge is -1.99. The van der Waals surface area contributed by atoms with Crippen LogP contribution in [0.5, 0.6) is 0 Å². The molecule has 0 saturated heterocycles. The Morgan fingerprint density at radius 1 is 1.47 bits per heavy atom. The van der Waals surface area contributed by atoms with Crippen LogP contribution < -0.4 is 11.1 Å². The van der Waals surface area contributed by atoms with Gasteiger partial charge < -0.3 is 16.0 Å². The second-order valence-electron chi connectivity index (χ2n) is 3.75. The number of carbonyl (C=O) groups is 1. The summed E-state index contributed by atoms with van der Waals surface area (Å²) in [5.41, 5.74) is 6.74. The molecule has 5 nitrogen and oxygen atoms in total. The molecule has 0 aliphatic carbocycles. The molecule has 4 N–H and O–H groups in total. The number of guanidine groups is 1. The monoisotopic (exact) mass is 300 g/mol. The van der Waals surface area contributed by atoms with Crippen LogP contribution in [0, 0.1) is 0 Å². The molecule has 0 aliphatic rings. The molecule has 1 amide bonds. The van der Waals surface area contributed by atoms with E-state index in [-0.39, 0.29) is 18.4 Å². The molecular weight excluding hydrogens is 287 g/mol. The van der Waals surface area contributed by atoms with Crippen LogP contribution in [-0.4, -0.2) is 23.4 Å². The molecule has 0 bridgehead atoms. The first-order valence-corrected chi connectivity index (χ1v) is 5.88. The Labute approximate surface area is 121 Å². The van der Waals surface area contributed by atoms with Crippen molar-refractivity contribution >= 4 is 46.8 Å². The number of hydrogen-bond acceptors (Lipinski definition) is 1. The van der Waals surface area contributed by atoms with Gasteiger partial charge in [0.1, 0.15) is 5.69 Å². The number of carbonyl (C=O) groups excluding carboxylic acids is 1. The number of amides is 1. The van der Waals surface area contributed by atoms with E-state index in [1.807, 2.05) is 13.0 Å². The van der Waals surface area contributed by atoms with Crippen LogP contribution in [0.25, 0.3) is 10.9 Å². The van der Waals surface area contributed by atoms with E-state index in [4.69, 9.17) is 17.3 Å². The lowest BCUT2D eigenvalue weighted by Crippen LogP contribution is -2.32. The van der Waals surface area contributed by atoms with Gasteiger partial charge in [0, 0.05) is 22.5 Å². The fraction of sp³-hybridized carbons (Fsp3) is 0.167. The third-order valence-electron chi connectivity index (χ3n) is 2.39. The lowest BCUT2D eigenvalue weighted by molar-refractivity contribution is 0.0998. The zero-order chi connectivity index (χ0) is 13.1. The van der Waals surface area contributed by atoms with E-state index in [2.05, 4.69) is 15.3 Å². The van der Waals surface area contributed by atoms with Gasteiger partial charge in [-0.2, -0.15) is 4.99 Å². The van der Waals surface area contributed by atoms with Gasteiger partial charge in [-0.3, -0.25) is 4.79 Å². The first-order valence-electron chi connectivity index (χ1n) is 5.51. The number of aliphatic imine (C=N–C) groups is 1. The van der Waals surface area contributed by atoms with E-state index in [0.717, 1.165) is 10.9 Å². The SMILES string of the molecule is CCNC(N)=NC(=O)c1cc2cc(Cl)ccc2[nH]1.Cl. The summed E-state index contributed by atoms with van der Waals surface area (Å²) in [5.74, 6) is -0.306. The topological polar surface area (TPSA) is 83.3 Å². The summed E-state index contributed by atoms with van der Waals surface area (Å²) >= 11 is 5.88. The molecule has 0 saturated carbocycles. The van der Waals surface area contributed by atoms with Gasteiger partial charge >= 0.3 is 0 Å². The van der Waals surface area contributed by atoms with Gasteiger partial charge in [0.15, 0.2) is 5.96 Å². The van der Waals surface area contributed by atoms with E-state index in [0.29, 0.717) is 17.3 Å². The summed E-state index contributed by atoms with van der Waals surface area (Å²) in [6, 6.07) is 7.05. The van der Waals surface area contributed by atoms with Crippen LogP contribution in [-0.2, 0) is 0 Å². The van der Waals surface area contributed by atoms with Crippen molar-refractivity contribution in [3.8, 4) is 0 Å². The first kappa shape index (κ1) is 15.3. The number of nitrogens with two attached hydrogens (primary N) is 1. The van der Waals surface area contributed by atoms with Crippen molar-refractivity contribution in [1.29, 1.82) is 0 Å². The van der Waals surface area contributed by atoms with Crippen LogP contribution in [0.1, 0.15) is 17.4 Å². The zero-order valence-electron chi connectivity index (χ0n) is 10.2. The van der Waals surface area contributed by atoms with Crippen LogP contribution >= 0.6 is 24.0 Å². The lowest BCUT2D eigenvalue weighted by atomic mass is 10.2. The Kier molecular flexibility index (Phi) is 5.20. The van der Waals surface area contributed by atoms with Crippen molar-refractivity contribution in [1.82, 2.24) is 10.3 Å². The zero-order valence-corrected chi connectivity index (χ0v) is 11.8. The average Bonchev–Trinajstić information content (AvgIpc) is 2.72. The number of aromatic nitrogens is 1. The predicted octanol–water partition coefficient (Wildman–Crippen LogP) is 2.31. The highest BCUT2D eigenvalue weighted by Crippen LogP contribution is 2.20. The summed E-state index contributed by atoms with van der Waals surface area (Å²) < 4.78 is 0. The second-order valence-corrected chi connectivity index (χ2v) is 4.18. The van der Waals surface area contributed by atoms with Gasteiger partial charge in [-0.25, -0.2) is 0 Å². The number of benzene rings is 1. The summed E-state index contributed by atoms with van der Waals surface area (Å²) in [6.07, 6.45) is 0. The minimum absolute atomic E-state index is 0. The van der Waals surface area contributed by atoms with E-state index in [9.17, 15) is 4.79 Å². The maximum atomic E-state index is 11.8. The number of nitrogens with zero attached hydrogens (tertiary/aromatic N) is 1. The molecule has 1 heterocycles. The van der Waals surface area contributed by atoms with Gasteiger partial charge in [0.05, 0.1) is 0 Å². The second kappa shape index (κ2) is 6.45. The minimum Gasteiger partial charge on any atom is -0.370 e. The number of aromatic amines is 1. The summed E-state index contributed by atoms with van der Waals surface area (Å²) in [6.45, 7) is 2.49. The Balaban J connectivity index is 0.00000180. The van der Waals surface area contributed by atoms with Crippen LogP contribution in [0.15, 0.2) is 29.3 Å². The Hall–Kier alpha value is -1.72. The Morgan fingerprint density at radius 2 is 2.21 bits per heavy atom. The van der Waals surface area contributed by atoms with Crippen molar-refractivity contribution in [2.24, 2.45) is 10.7 Å². The molecule has 0 unspecified atom stereocenters. The van der Waals surface area contributed by atoms with Crippen molar-refractivity contribution in [3.05, 3.63) is 35.0 Å². The number of hydrogen-bond donors (Lipinski definition) is 3. The number of fused-ring (bicyclic) bond motifs is 1. The molecule has 1 aromatic carbocycles. The number of halogens is 2. The molecule has 0 aliphatic heterocycles. The highest BCUT2D eigenvalue weighted by Gasteiger charge is 2.09. The summed E-state index contributed by atoms with van der Waals surface area (Å²) in [7, 11) is 0. The highest BCUT2D eigenvalue weighted by molar-refractivity contribution is 6.31. The molecule has 7 heteroatoms. The van der Waals surface area contributed by atoms with Crippen LogP contribution in [0.3, 0.4) is 0 Å². The largest absolute Gasteiger partial charge is 0.370 e. The van der Waals surface area contributed by atoms with E-state index in [1.54, 1.807) is 18.2 Å². The number of rotatable bonds is 2. The van der Waals surface area contributed by atoms with Crippen LogP contribution in [0.2, 0.25) is 5.02 Å². The molecule has 0 atom stereocenters. The predicted molar refractivity (Wildman–Crippen MR) is 80.2 cm³/mol. The van der Waals surface area contributed by atoms with Crippen molar-refractivity contribution in [3.63, 3.8) is 0 Å². The number of H-pyrrole nitrogens is 1. The highest BCUT2D eigenvalue weighted by atomic mass is 35.5. The molecule has 0 radical (unpaired) electrons. The maximum absolute atomic E-state index is 11.8. The standard InChI is InChI=1S/C12H13ClN4O.ClH/c1-2-15-12(14)17-11(18)10-6-7-5-8(13)3-4-9(7)16-10;/h3-6,16H,2H2,1H3,(H3,14,15,17,18);1H. The molecule has 102 valence electrons. The fourth-order valence-electron chi connectivity index (χ4n) is 1.61. The molecule has 2 rings (SSSR count). The quantitative estimate of drug-likeness (QED) is 0.588.